The maximum atomic E-state index is 11.7. The van der Waals surface area contributed by atoms with E-state index < -0.39 is 5.97 Å². The zero-order chi connectivity index (χ0) is 13.7. The predicted molar refractivity (Wildman–Crippen MR) is 77.3 cm³/mol. The first kappa shape index (κ1) is 14.9. The Kier molecular flexibility index (Phi) is 5.58. The minimum absolute atomic E-state index is 0.0916. The molecular weight excluding hydrogens is 345 g/mol. The van der Waals surface area contributed by atoms with Crippen molar-refractivity contribution in [2.24, 2.45) is 0 Å². The molecule has 0 spiro atoms. The lowest BCUT2D eigenvalue weighted by atomic mass is 10.2. The first-order valence-electron chi connectivity index (χ1n) is 5.60. The number of nitrogens with zero attached hydrogens (tertiary/aromatic N) is 1. The first-order valence-corrected chi connectivity index (χ1v) is 6.68. The number of hydrogen-bond acceptors (Lipinski definition) is 3. The third kappa shape index (κ3) is 4.29. The van der Waals surface area contributed by atoms with Crippen LogP contribution in [-0.2, 0) is 9.53 Å². The van der Waals surface area contributed by atoms with E-state index in [1.54, 1.807) is 30.1 Å². The number of carbonyl (C=O) groups is 2. The summed E-state index contributed by atoms with van der Waals surface area (Å²) in [4.78, 5) is 24.9. The molecule has 0 aromatic heterocycles. The fraction of sp³-hybridized carbons (Fsp3) is 0.385. The van der Waals surface area contributed by atoms with E-state index in [2.05, 4.69) is 22.6 Å². The largest absolute Gasteiger partial charge is 0.452 e. The highest BCUT2D eigenvalue weighted by Crippen LogP contribution is 2.09. The van der Waals surface area contributed by atoms with E-state index in [0.717, 1.165) is 3.57 Å². The van der Waals surface area contributed by atoms with Crippen molar-refractivity contribution in [3.63, 3.8) is 0 Å². The Morgan fingerprint density at radius 1 is 1.39 bits per heavy atom. The van der Waals surface area contributed by atoms with Gasteiger partial charge in [-0.15, -0.1) is 0 Å². The summed E-state index contributed by atoms with van der Waals surface area (Å²) in [6.07, 6.45) is 0. The second-order valence-corrected chi connectivity index (χ2v) is 5.43. The zero-order valence-electron chi connectivity index (χ0n) is 10.6. The van der Waals surface area contributed by atoms with Crippen LogP contribution in [-0.4, -0.2) is 36.5 Å². The molecule has 0 radical (unpaired) electrons. The van der Waals surface area contributed by atoms with Crippen molar-refractivity contribution in [1.29, 1.82) is 0 Å². The van der Waals surface area contributed by atoms with Crippen LogP contribution in [0.5, 0.6) is 0 Å². The molecule has 1 rings (SSSR count). The number of amides is 1. The third-order valence-electron chi connectivity index (χ3n) is 2.56. The summed E-state index contributed by atoms with van der Waals surface area (Å²) in [6.45, 7) is 3.58. The lowest BCUT2D eigenvalue weighted by molar-refractivity contribution is -0.134. The molecule has 18 heavy (non-hydrogen) atoms. The molecule has 5 heteroatoms. The van der Waals surface area contributed by atoms with Gasteiger partial charge in [0.2, 0.25) is 0 Å². The minimum atomic E-state index is -0.473. The van der Waals surface area contributed by atoms with E-state index >= 15 is 0 Å². The Hall–Kier alpha value is -1.11. The van der Waals surface area contributed by atoms with Gasteiger partial charge in [0.05, 0.1) is 5.56 Å². The highest BCUT2D eigenvalue weighted by Gasteiger charge is 2.15. The number of rotatable bonds is 4. The van der Waals surface area contributed by atoms with Crippen LogP contribution in [0.25, 0.3) is 0 Å². The quantitative estimate of drug-likeness (QED) is 0.611. The Bertz CT molecular complexity index is 446. The molecule has 4 nitrogen and oxygen atoms in total. The fourth-order valence-corrected chi connectivity index (χ4v) is 1.76. The second kappa shape index (κ2) is 6.72. The summed E-state index contributed by atoms with van der Waals surface area (Å²) in [5.74, 6) is -0.678. The molecule has 1 aromatic rings. The first-order chi connectivity index (χ1) is 8.41. The summed E-state index contributed by atoms with van der Waals surface area (Å²) in [5.41, 5.74) is 0.460. The lowest BCUT2D eigenvalue weighted by Crippen LogP contribution is -2.36. The molecule has 0 atom stereocenters. The Labute approximate surface area is 120 Å². The molecular formula is C13H16INO3. The Morgan fingerprint density at radius 2 is 2.06 bits per heavy atom. The van der Waals surface area contributed by atoms with Crippen molar-refractivity contribution in [2.75, 3.05) is 13.7 Å². The minimum Gasteiger partial charge on any atom is -0.452 e. The van der Waals surface area contributed by atoms with E-state index in [1.807, 2.05) is 19.9 Å². The molecule has 1 amide bonds. The van der Waals surface area contributed by atoms with Gasteiger partial charge in [0.25, 0.3) is 5.91 Å². The van der Waals surface area contributed by atoms with E-state index in [1.165, 1.54) is 0 Å². The van der Waals surface area contributed by atoms with Crippen molar-refractivity contribution >= 4 is 34.5 Å². The molecule has 0 aliphatic heterocycles. The van der Waals surface area contributed by atoms with Gasteiger partial charge in [-0.2, -0.15) is 0 Å². The summed E-state index contributed by atoms with van der Waals surface area (Å²) in [7, 11) is 1.69. The molecule has 0 saturated heterocycles. The number of esters is 1. The number of hydrogen-bond donors (Lipinski definition) is 0. The van der Waals surface area contributed by atoms with Gasteiger partial charge in [-0.25, -0.2) is 4.79 Å². The number of benzene rings is 1. The molecule has 0 aliphatic rings. The van der Waals surface area contributed by atoms with Gasteiger partial charge < -0.3 is 9.64 Å². The van der Waals surface area contributed by atoms with Gasteiger partial charge in [-0.1, -0.05) is 6.07 Å². The molecule has 98 valence electrons. The SMILES string of the molecule is CC(C)N(C)C(=O)COC(=O)c1cccc(I)c1. The molecule has 0 bridgehead atoms. The number of carbonyl (C=O) groups excluding carboxylic acids is 2. The molecule has 0 aliphatic carbocycles. The maximum absolute atomic E-state index is 11.7. The highest BCUT2D eigenvalue weighted by atomic mass is 127. The van der Waals surface area contributed by atoms with Gasteiger partial charge in [-0.05, 0) is 54.6 Å². The van der Waals surface area contributed by atoms with Gasteiger partial charge in [0.15, 0.2) is 6.61 Å². The van der Waals surface area contributed by atoms with Crippen LogP contribution in [0, 0.1) is 3.57 Å². The predicted octanol–water partition coefficient (Wildman–Crippen LogP) is 2.31. The topological polar surface area (TPSA) is 46.6 Å². The van der Waals surface area contributed by atoms with Crippen LogP contribution in [0.1, 0.15) is 24.2 Å². The molecule has 0 heterocycles. The average Bonchev–Trinajstić information content (AvgIpc) is 2.34. The van der Waals surface area contributed by atoms with Crippen LogP contribution < -0.4 is 0 Å². The summed E-state index contributed by atoms with van der Waals surface area (Å²) in [5, 5.41) is 0. The standard InChI is InChI=1S/C13H16INO3/c1-9(2)15(3)12(16)8-18-13(17)10-5-4-6-11(14)7-10/h4-7,9H,8H2,1-3H3. The van der Waals surface area contributed by atoms with Gasteiger partial charge in [-0.3, -0.25) is 4.79 Å². The number of likely N-dealkylation sites (N-methyl/N-ethyl adjacent to an activating group) is 1. The number of ether oxygens (including phenoxy) is 1. The Balaban J connectivity index is 2.54. The molecule has 0 saturated carbocycles. The molecule has 0 fully saturated rings. The van der Waals surface area contributed by atoms with Crippen LogP contribution in [0.4, 0.5) is 0 Å². The van der Waals surface area contributed by atoms with Crippen molar-refractivity contribution in [2.45, 2.75) is 19.9 Å². The van der Waals surface area contributed by atoms with E-state index in [9.17, 15) is 9.59 Å². The molecule has 0 unspecified atom stereocenters. The monoisotopic (exact) mass is 361 g/mol. The van der Waals surface area contributed by atoms with Crippen LogP contribution in [0.3, 0.4) is 0 Å². The number of halogens is 1. The maximum Gasteiger partial charge on any atom is 0.338 e. The highest BCUT2D eigenvalue weighted by molar-refractivity contribution is 14.1. The smallest absolute Gasteiger partial charge is 0.338 e. The van der Waals surface area contributed by atoms with Gasteiger partial charge in [0.1, 0.15) is 0 Å². The van der Waals surface area contributed by atoms with Crippen LogP contribution in [0.2, 0.25) is 0 Å². The second-order valence-electron chi connectivity index (χ2n) is 4.18. The van der Waals surface area contributed by atoms with Crippen molar-refractivity contribution in [1.82, 2.24) is 4.90 Å². The third-order valence-corrected chi connectivity index (χ3v) is 3.23. The Morgan fingerprint density at radius 3 is 2.61 bits per heavy atom. The fourth-order valence-electron chi connectivity index (χ4n) is 1.22. The summed E-state index contributed by atoms with van der Waals surface area (Å²) in [6, 6.07) is 7.14. The van der Waals surface area contributed by atoms with Gasteiger partial charge >= 0.3 is 5.97 Å². The van der Waals surface area contributed by atoms with E-state index in [4.69, 9.17) is 4.74 Å². The van der Waals surface area contributed by atoms with Crippen molar-refractivity contribution in [3.8, 4) is 0 Å². The normalized spacial score (nSPS) is 10.3. The van der Waals surface area contributed by atoms with Crippen molar-refractivity contribution < 1.29 is 14.3 Å². The van der Waals surface area contributed by atoms with Crippen molar-refractivity contribution in [3.05, 3.63) is 33.4 Å². The van der Waals surface area contributed by atoms with E-state index in [-0.39, 0.29) is 18.6 Å². The molecule has 0 N–H and O–H groups in total. The van der Waals surface area contributed by atoms with E-state index in [0.29, 0.717) is 5.56 Å². The average molecular weight is 361 g/mol. The van der Waals surface area contributed by atoms with Crippen LogP contribution >= 0.6 is 22.6 Å². The lowest BCUT2D eigenvalue weighted by Gasteiger charge is -2.21. The van der Waals surface area contributed by atoms with Crippen LogP contribution in [0.15, 0.2) is 24.3 Å². The molecule has 1 aromatic carbocycles. The summed E-state index contributed by atoms with van der Waals surface area (Å²) < 4.78 is 5.93. The van der Waals surface area contributed by atoms with Gasteiger partial charge in [0, 0.05) is 16.7 Å². The zero-order valence-corrected chi connectivity index (χ0v) is 12.8. The summed E-state index contributed by atoms with van der Waals surface area (Å²) >= 11 is 2.12.